The molecule has 0 aliphatic carbocycles. The second-order valence-electron chi connectivity index (χ2n) is 6.39. The fourth-order valence-corrected chi connectivity index (χ4v) is 3.15. The van der Waals surface area contributed by atoms with E-state index in [4.69, 9.17) is 11.6 Å². The number of halogens is 2. The SMILES string of the molecule is CCC(C(=O)Nc1cnn(Cc2c(F)cccc2Cl)c1)n1nc([N+](=O)[O-])cc1C. The van der Waals surface area contributed by atoms with Crippen molar-refractivity contribution in [2.45, 2.75) is 32.9 Å². The molecule has 1 aromatic carbocycles. The molecule has 0 radical (unpaired) electrons. The number of nitro groups is 1. The molecule has 2 aromatic heterocycles. The van der Waals surface area contributed by atoms with Crippen LogP contribution in [-0.4, -0.2) is 30.4 Å². The first-order valence-electron chi connectivity index (χ1n) is 8.77. The molecule has 0 aliphatic rings. The third kappa shape index (κ3) is 4.43. The number of hydrogen-bond acceptors (Lipinski definition) is 5. The lowest BCUT2D eigenvalue weighted by Gasteiger charge is -2.13. The summed E-state index contributed by atoms with van der Waals surface area (Å²) in [6.45, 7) is 3.52. The number of aromatic nitrogens is 4. The van der Waals surface area contributed by atoms with Gasteiger partial charge in [0.25, 0.3) is 5.91 Å². The molecule has 1 amide bonds. The number of benzene rings is 1. The smallest absolute Gasteiger partial charge is 0.358 e. The summed E-state index contributed by atoms with van der Waals surface area (Å²) in [5.41, 5.74) is 1.20. The van der Waals surface area contributed by atoms with Crippen molar-refractivity contribution >= 4 is 29.0 Å². The largest absolute Gasteiger partial charge is 0.390 e. The number of hydrogen-bond donors (Lipinski definition) is 1. The van der Waals surface area contributed by atoms with Gasteiger partial charge in [0.05, 0.1) is 35.3 Å². The minimum Gasteiger partial charge on any atom is -0.358 e. The Bertz CT molecular complexity index is 1040. The van der Waals surface area contributed by atoms with Crippen molar-refractivity contribution < 1.29 is 14.1 Å². The van der Waals surface area contributed by atoms with Gasteiger partial charge in [0.2, 0.25) is 0 Å². The van der Waals surface area contributed by atoms with E-state index in [-0.39, 0.29) is 17.4 Å². The van der Waals surface area contributed by atoms with Crippen LogP contribution in [-0.2, 0) is 11.3 Å². The summed E-state index contributed by atoms with van der Waals surface area (Å²) in [5, 5.41) is 21.9. The highest BCUT2D eigenvalue weighted by molar-refractivity contribution is 6.31. The maximum atomic E-state index is 13.9. The standard InChI is InChI=1S/C18H18ClFN6O3/c1-3-16(25-11(2)7-17(23-25)26(28)29)18(27)22-12-8-21-24(9-12)10-13-14(19)5-4-6-15(13)20/h4-9,16H,3,10H2,1-2H3,(H,22,27). The Labute approximate surface area is 170 Å². The number of carbonyl (C=O) groups is 1. The zero-order valence-corrected chi connectivity index (χ0v) is 16.4. The van der Waals surface area contributed by atoms with Crippen LogP contribution >= 0.6 is 11.6 Å². The Hall–Kier alpha value is -3.27. The number of rotatable bonds is 7. The number of carbonyl (C=O) groups excluding carboxylic acids is 1. The van der Waals surface area contributed by atoms with E-state index in [2.05, 4.69) is 15.5 Å². The molecule has 3 aromatic rings. The molecule has 1 N–H and O–H groups in total. The molecule has 1 unspecified atom stereocenters. The van der Waals surface area contributed by atoms with Crippen LogP contribution in [0.5, 0.6) is 0 Å². The predicted octanol–water partition coefficient (Wildman–Crippen LogP) is 3.73. The first-order chi connectivity index (χ1) is 13.8. The van der Waals surface area contributed by atoms with E-state index in [1.807, 2.05) is 0 Å². The Morgan fingerprint density at radius 2 is 2.21 bits per heavy atom. The lowest BCUT2D eigenvalue weighted by atomic mass is 10.2. The third-order valence-electron chi connectivity index (χ3n) is 4.36. The van der Waals surface area contributed by atoms with Gasteiger partial charge in [-0.25, -0.2) is 4.39 Å². The molecule has 0 fully saturated rings. The van der Waals surface area contributed by atoms with Gasteiger partial charge in [0.1, 0.15) is 5.82 Å². The van der Waals surface area contributed by atoms with Gasteiger partial charge < -0.3 is 15.4 Å². The van der Waals surface area contributed by atoms with Crippen LogP contribution in [0, 0.1) is 22.9 Å². The van der Waals surface area contributed by atoms with Crippen molar-refractivity contribution in [1.29, 1.82) is 0 Å². The van der Waals surface area contributed by atoms with Crippen LogP contribution < -0.4 is 5.32 Å². The summed E-state index contributed by atoms with van der Waals surface area (Å²) in [6.07, 6.45) is 3.36. The molecule has 0 spiro atoms. The topological polar surface area (TPSA) is 108 Å². The Balaban J connectivity index is 1.74. The molecule has 29 heavy (non-hydrogen) atoms. The quantitative estimate of drug-likeness (QED) is 0.463. The average molecular weight is 421 g/mol. The molecule has 2 heterocycles. The summed E-state index contributed by atoms with van der Waals surface area (Å²) in [6, 6.07) is 5.00. The second kappa shape index (κ2) is 8.39. The van der Waals surface area contributed by atoms with Gasteiger partial charge in [-0.3, -0.25) is 9.48 Å². The van der Waals surface area contributed by atoms with E-state index in [9.17, 15) is 19.3 Å². The summed E-state index contributed by atoms with van der Waals surface area (Å²) in [7, 11) is 0. The maximum Gasteiger partial charge on any atom is 0.390 e. The zero-order chi connectivity index (χ0) is 21.1. The van der Waals surface area contributed by atoms with E-state index in [0.717, 1.165) is 0 Å². The molecule has 152 valence electrons. The van der Waals surface area contributed by atoms with Crippen LogP contribution in [0.1, 0.15) is 30.6 Å². The third-order valence-corrected chi connectivity index (χ3v) is 4.72. The normalized spacial score (nSPS) is 12.0. The lowest BCUT2D eigenvalue weighted by Crippen LogP contribution is -2.27. The van der Waals surface area contributed by atoms with Crippen molar-refractivity contribution in [2.75, 3.05) is 5.32 Å². The van der Waals surface area contributed by atoms with Crippen LogP contribution in [0.2, 0.25) is 5.02 Å². The molecule has 0 aliphatic heterocycles. The van der Waals surface area contributed by atoms with Gasteiger partial charge in [-0.2, -0.15) is 9.78 Å². The van der Waals surface area contributed by atoms with Crippen LogP contribution in [0.4, 0.5) is 15.9 Å². The number of nitrogens with zero attached hydrogens (tertiary/aromatic N) is 5. The fraction of sp³-hybridized carbons (Fsp3) is 0.278. The highest BCUT2D eigenvalue weighted by atomic mass is 35.5. The molecular weight excluding hydrogens is 403 g/mol. The van der Waals surface area contributed by atoms with E-state index in [1.165, 1.54) is 33.8 Å². The molecule has 11 heteroatoms. The van der Waals surface area contributed by atoms with Gasteiger partial charge in [-0.05, 0) is 30.4 Å². The van der Waals surface area contributed by atoms with Gasteiger partial charge in [0.15, 0.2) is 6.04 Å². The molecule has 1 atom stereocenters. The molecule has 9 nitrogen and oxygen atoms in total. The summed E-state index contributed by atoms with van der Waals surface area (Å²) < 4.78 is 16.7. The van der Waals surface area contributed by atoms with Gasteiger partial charge >= 0.3 is 5.82 Å². The highest BCUT2D eigenvalue weighted by Crippen LogP contribution is 2.22. The van der Waals surface area contributed by atoms with Gasteiger partial charge in [-0.1, -0.05) is 24.6 Å². The first-order valence-corrected chi connectivity index (χ1v) is 9.14. The minimum atomic E-state index is -0.729. The molecule has 3 rings (SSSR count). The van der Waals surface area contributed by atoms with Gasteiger partial charge in [-0.15, -0.1) is 0 Å². The van der Waals surface area contributed by atoms with Crippen molar-refractivity contribution in [3.05, 3.63) is 68.9 Å². The molecule has 0 saturated heterocycles. The van der Waals surface area contributed by atoms with Crippen molar-refractivity contribution in [1.82, 2.24) is 19.6 Å². The van der Waals surface area contributed by atoms with E-state index in [1.54, 1.807) is 26.1 Å². The van der Waals surface area contributed by atoms with Crippen molar-refractivity contribution in [3.63, 3.8) is 0 Å². The maximum absolute atomic E-state index is 13.9. The average Bonchev–Trinajstić information content (AvgIpc) is 3.26. The zero-order valence-electron chi connectivity index (χ0n) is 15.7. The van der Waals surface area contributed by atoms with Crippen LogP contribution in [0.15, 0.2) is 36.7 Å². The number of nitrogens with one attached hydrogen (secondary N) is 1. The molecule has 0 bridgehead atoms. The number of anilines is 1. The Kier molecular flexibility index (Phi) is 5.92. The van der Waals surface area contributed by atoms with Crippen LogP contribution in [0.3, 0.4) is 0 Å². The van der Waals surface area contributed by atoms with Crippen molar-refractivity contribution in [3.8, 4) is 0 Å². The summed E-state index contributed by atoms with van der Waals surface area (Å²) >= 11 is 6.03. The summed E-state index contributed by atoms with van der Waals surface area (Å²) in [4.78, 5) is 23.0. The number of aryl methyl sites for hydroxylation is 1. The molecular formula is C18H18ClFN6O3. The second-order valence-corrected chi connectivity index (χ2v) is 6.79. The lowest BCUT2D eigenvalue weighted by molar-refractivity contribution is -0.389. The van der Waals surface area contributed by atoms with Crippen LogP contribution in [0.25, 0.3) is 0 Å². The van der Waals surface area contributed by atoms with Crippen molar-refractivity contribution in [2.24, 2.45) is 0 Å². The van der Waals surface area contributed by atoms with E-state index >= 15 is 0 Å². The first kappa shape index (κ1) is 20.5. The van der Waals surface area contributed by atoms with E-state index < -0.39 is 22.7 Å². The minimum absolute atomic E-state index is 0.100. The van der Waals surface area contributed by atoms with Gasteiger partial charge in [0, 0.05) is 16.8 Å². The number of amides is 1. The van der Waals surface area contributed by atoms with E-state index in [0.29, 0.717) is 23.4 Å². The molecule has 0 saturated carbocycles. The Morgan fingerprint density at radius 1 is 1.45 bits per heavy atom. The highest BCUT2D eigenvalue weighted by Gasteiger charge is 2.27. The fourth-order valence-electron chi connectivity index (χ4n) is 2.93. The summed E-state index contributed by atoms with van der Waals surface area (Å²) in [5.74, 6) is -1.15. The Morgan fingerprint density at radius 3 is 2.83 bits per heavy atom. The predicted molar refractivity (Wildman–Crippen MR) is 104 cm³/mol. The monoisotopic (exact) mass is 420 g/mol.